The first-order chi connectivity index (χ1) is 8.47. The lowest BCUT2D eigenvalue weighted by Crippen LogP contribution is -2.33. The third kappa shape index (κ3) is 9.02. The van der Waals surface area contributed by atoms with Crippen molar-refractivity contribution in [3.8, 4) is 0 Å². The number of alkyl halides is 1. The number of carbonyl (C=O) groups is 3. The highest BCUT2D eigenvalue weighted by atomic mass is 127. The minimum Gasteiger partial charge on any atom is -0.481 e. The summed E-state index contributed by atoms with van der Waals surface area (Å²) in [7, 11) is 0. The van der Waals surface area contributed by atoms with Crippen LogP contribution in [0.1, 0.15) is 25.7 Å². The van der Waals surface area contributed by atoms with E-state index in [2.05, 4.69) is 0 Å². The number of carboxylic acids is 2. The molecule has 0 saturated heterocycles. The molecule has 0 aliphatic carbocycles. The first-order valence-corrected chi connectivity index (χ1v) is 6.91. The second-order valence-corrected chi connectivity index (χ2v) is 4.12. The van der Waals surface area contributed by atoms with Crippen LogP contribution in [0.3, 0.4) is 0 Å². The Hall–Kier alpha value is -1.06. The molecule has 0 rings (SSSR count). The van der Waals surface area contributed by atoms with Crippen molar-refractivity contribution in [1.82, 2.24) is 4.90 Å². The van der Waals surface area contributed by atoms with E-state index in [1.54, 1.807) is 0 Å². The van der Waals surface area contributed by atoms with E-state index in [0.29, 0.717) is 12.8 Å². The summed E-state index contributed by atoms with van der Waals surface area (Å²) in [4.78, 5) is 33.6. The van der Waals surface area contributed by atoms with Gasteiger partial charge in [-0.2, -0.15) is 0 Å². The van der Waals surface area contributed by atoms with Gasteiger partial charge in [0.05, 0.1) is 0 Å². The number of hydrogen-bond acceptors (Lipinski definition) is 4. The molecule has 0 fully saturated rings. The van der Waals surface area contributed by atoms with Crippen LogP contribution in [0, 0.1) is 0 Å². The van der Waals surface area contributed by atoms with E-state index in [4.69, 9.17) is 14.9 Å². The normalized spacial score (nSPS) is 9.83. The minimum atomic E-state index is -0.928. The molecule has 0 aromatic heterocycles. The highest BCUT2D eigenvalue weighted by molar-refractivity contribution is 14.1. The lowest BCUT2D eigenvalue weighted by molar-refractivity contribution is -0.138. The van der Waals surface area contributed by atoms with Crippen LogP contribution in [0.5, 0.6) is 0 Å². The van der Waals surface area contributed by atoms with Crippen molar-refractivity contribution in [1.29, 1.82) is 0 Å². The molecule has 0 aromatic carbocycles. The third-order valence-corrected chi connectivity index (χ3v) is 2.38. The van der Waals surface area contributed by atoms with Crippen molar-refractivity contribution in [3.63, 3.8) is 0 Å². The summed E-state index contributed by atoms with van der Waals surface area (Å²) in [5.74, 6) is -1.86. The molecule has 1 amide bonds. The van der Waals surface area contributed by atoms with Crippen LogP contribution >= 0.6 is 22.6 Å². The van der Waals surface area contributed by atoms with Gasteiger partial charge in [-0.25, -0.2) is 4.79 Å². The van der Waals surface area contributed by atoms with Gasteiger partial charge in [0, 0.05) is 25.9 Å². The quantitative estimate of drug-likeness (QED) is 0.470. The van der Waals surface area contributed by atoms with Gasteiger partial charge in [0.15, 0.2) is 0 Å². The fourth-order valence-electron chi connectivity index (χ4n) is 1.27. The summed E-state index contributed by atoms with van der Waals surface area (Å²) in [6, 6.07) is 0. The number of halogens is 1. The zero-order valence-electron chi connectivity index (χ0n) is 9.80. The zero-order chi connectivity index (χ0) is 14.0. The molecule has 104 valence electrons. The van der Waals surface area contributed by atoms with E-state index >= 15 is 0 Å². The predicted molar refractivity (Wildman–Crippen MR) is 70.7 cm³/mol. The van der Waals surface area contributed by atoms with Gasteiger partial charge in [-0.1, -0.05) is 0 Å². The first-order valence-electron chi connectivity index (χ1n) is 5.38. The van der Waals surface area contributed by atoms with Gasteiger partial charge < -0.3 is 19.8 Å². The van der Waals surface area contributed by atoms with Gasteiger partial charge in [-0.15, -0.1) is 0 Å². The van der Waals surface area contributed by atoms with Crippen molar-refractivity contribution in [2.75, 3.05) is 17.7 Å². The Balaban J connectivity index is 4.11. The van der Waals surface area contributed by atoms with Crippen molar-refractivity contribution in [3.05, 3.63) is 0 Å². The average molecular weight is 373 g/mol. The van der Waals surface area contributed by atoms with Gasteiger partial charge in [0.2, 0.25) is 0 Å². The Kier molecular flexibility index (Phi) is 9.33. The lowest BCUT2D eigenvalue weighted by atomic mass is 10.2. The molecule has 18 heavy (non-hydrogen) atoms. The van der Waals surface area contributed by atoms with Gasteiger partial charge in [-0.3, -0.25) is 9.59 Å². The highest BCUT2D eigenvalue weighted by Crippen LogP contribution is 2.03. The molecule has 0 bridgehead atoms. The highest BCUT2D eigenvalue weighted by Gasteiger charge is 2.15. The van der Waals surface area contributed by atoms with Crippen LogP contribution in [-0.2, 0) is 14.3 Å². The number of hydrogen-bond donors (Lipinski definition) is 2. The predicted octanol–water partition coefficient (Wildman–Crippen LogP) is 1.55. The number of nitrogens with zero attached hydrogens (tertiary/aromatic N) is 1. The summed E-state index contributed by atoms with van der Waals surface area (Å²) in [5, 5.41) is 17.0. The molecule has 0 unspecified atom stereocenters. The summed E-state index contributed by atoms with van der Waals surface area (Å²) in [6.45, 7) is 0.503. The van der Waals surface area contributed by atoms with E-state index in [-0.39, 0.29) is 30.5 Å². The molecule has 2 N–H and O–H groups in total. The van der Waals surface area contributed by atoms with Gasteiger partial charge >= 0.3 is 18.0 Å². The molecular formula is C10H16INO6. The summed E-state index contributed by atoms with van der Waals surface area (Å²) in [6.07, 6.45) is 0.0254. The molecule has 7 nitrogen and oxygen atoms in total. The van der Waals surface area contributed by atoms with E-state index in [1.807, 2.05) is 22.6 Å². The fourth-order valence-corrected chi connectivity index (χ4v) is 1.54. The van der Waals surface area contributed by atoms with Crippen LogP contribution in [0.2, 0.25) is 0 Å². The average Bonchev–Trinajstić information content (AvgIpc) is 2.26. The Labute approximate surface area is 118 Å². The topological polar surface area (TPSA) is 104 Å². The number of carboxylic acid groups (broad SMARTS) is 2. The van der Waals surface area contributed by atoms with Gasteiger partial charge in [0.1, 0.15) is 4.61 Å². The maximum Gasteiger partial charge on any atom is 0.410 e. The molecule has 0 atom stereocenters. The van der Waals surface area contributed by atoms with Crippen molar-refractivity contribution in [2.24, 2.45) is 0 Å². The minimum absolute atomic E-state index is 0.0348. The van der Waals surface area contributed by atoms with E-state index < -0.39 is 18.0 Å². The van der Waals surface area contributed by atoms with E-state index in [1.165, 1.54) is 4.90 Å². The molecule has 0 saturated carbocycles. The molecule has 8 heteroatoms. The Morgan fingerprint density at radius 3 is 1.78 bits per heavy atom. The van der Waals surface area contributed by atoms with Crippen molar-refractivity contribution < 1.29 is 29.3 Å². The van der Waals surface area contributed by atoms with Crippen LogP contribution in [-0.4, -0.2) is 50.8 Å². The fraction of sp³-hybridized carbons (Fsp3) is 0.700. The van der Waals surface area contributed by atoms with E-state index in [0.717, 1.165) is 0 Å². The maximum absolute atomic E-state index is 11.5. The lowest BCUT2D eigenvalue weighted by Gasteiger charge is -2.20. The summed E-state index contributed by atoms with van der Waals surface area (Å²) >= 11 is 1.87. The zero-order valence-corrected chi connectivity index (χ0v) is 12.0. The van der Waals surface area contributed by atoms with Crippen molar-refractivity contribution >= 4 is 40.6 Å². The van der Waals surface area contributed by atoms with Crippen LogP contribution in [0.25, 0.3) is 0 Å². The monoisotopic (exact) mass is 373 g/mol. The number of carbonyl (C=O) groups excluding carboxylic acids is 1. The molecule has 0 aliphatic rings. The van der Waals surface area contributed by atoms with Crippen LogP contribution in [0.15, 0.2) is 0 Å². The maximum atomic E-state index is 11.5. The molecule has 0 radical (unpaired) electrons. The molecule has 0 aliphatic heterocycles. The van der Waals surface area contributed by atoms with Crippen molar-refractivity contribution in [2.45, 2.75) is 25.7 Å². The smallest absolute Gasteiger partial charge is 0.410 e. The van der Waals surface area contributed by atoms with Gasteiger partial charge in [0.25, 0.3) is 0 Å². The standard InChI is InChI=1S/C10H16INO6/c11-7-18-10(17)12(5-1-3-8(13)14)6-2-4-9(15)16/h1-7H2,(H,13,14)(H,15,16). The Bertz CT molecular complexity index is 276. The Morgan fingerprint density at radius 1 is 1.00 bits per heavy atom. The molecule has 0 spiro atoms. The molecule has 0 heterocycles. The third-order valence-electron chi connectivity index (χ3n) is 2.07. The summed E-state index contributed by atoms with van der Waals surface area (Å²) in [5.41, 5.74) is 0. The molecule has 0 aromatic rings. The number of aliphatic carboxylic acids is 2. The number of rotatable bonds is 9. The van der Waals surface area contributed by atoms with E-state index in [9.17, 15) is 14.4 Å². The van der Waals surface area contributed by atoms with Crippen LogP contribution in [0.4, 0.5) is 4.79 Å². The SMILES string of the molecule is O=C(O)CCCN(CCCC(=O)O)C(=O)OCI. The largest absolute Gasteiger partial charge is 0.481 e. The number of amides is 1. The second-order valence-electron chi connectivity index (χ2n) is 3.50. The molecular weight excluding hydrogens is 357 g/mol. The second kappa shape index (κ2) is 9.92. The first kappa shape index (κ1) is 16.9. The number of ether oxygens (including phenoxy) is 1. The van der Waals surface area contributed by atoms with Crippen LogP contribution < -0.4 is 0 Å². The van der Waals surface area contributed by atoms with Gasteiger partial charge in [-0.05, 0) is 35.4 Å². The summed E-state index contributed by atoms with van der Waals surface area (Å²) < 4.78 is 5.00. The Morgan fingerprint density at radius 2 is 1.44 bits per heavy atom.